The normalized spacial score (nSPS) is 26.3. The number of carbonyl (C=O) groups excluding carboxylic acids is 7. The second-order valence-electron chi connectivity index (χ2n) is 16.5. The van der Waals surface area contributed by atoms with Crippen LogP contribution in [-0.4, -0.2) is 139 Å². The van der Waals surface area contributed by atoms with Crippen molar-refractivity contribution in [1.29, 1.82) is 0 Å². The summed E-state index contributed by atoms with van der Waals surface area (Å²) in [4.78, 5) is 102. The lowest BCUT2D eigenvalue weighted by atomic mass is 9.99. The average molecular weight is 939 g/mol. The highest BCUT2D eigenvalue weighted by Gasteiger charge is 2.48. The number of amides is 7. The summed E-state index contributed by atoms with van der Waals surface area (Å²) >= 11 is 5.83. The van der Waals surface area contributed by atoms with E-state index < -0.39 is 131 Å². The Morgan fingerprint density at radius 3 is 2.28 bits per heavy atom. The molecule has 0 saturated carbocycles. The Balaban J connectivity index is 1.38. The van der Waals surface area contributed by atoms with Crippen LogP contribution in [0.15, 0.2) is 36.4 Å². The minimum atomic E-state index is -3.91. The van der Waals surface area contributed by atoms with Crippen molar-refractivity contribution in [2.45, 2.75) is 102 Å². The van der Waals surface area contributed by atoms with Crippen LogP contribution in [0.3, 0.4) is 0 Å². The molecule has 4 saturated heterocycles. The molecular weight excluding hydrogens is 889 g/mol. The van der Waals surface area contributed by atoms with Gasteiger partial charge in [-0.2, -0.15) is 0 Å². The van der Waals surface area contributed by atoms with E-state index in [1.165, 1.54) is 29.7 Å². The van der Waals surface area contributed by atoms with Gasteiger partial charge in [0, 0.05) is 43.2 Å². The molecule has 348 valence electrons. The van der Waals surface area contributed by atoms with E-state index in [9.17, 15) is 55.2 Å². The lowest BCUT2D eigenvalue weighted by Gasteiger charge is -2.39. The molecule has 7 amide bonds. The number of nitrogens with one attached hydrogen (secondary N) is 5. The molecule has 4 fully saturated rings. The van der Waals surface area contributed by atoms with Crippen molar-refractivity contribution in [3.8, 4) is 0 Å². The fraction of sp³-hybridized carbons (Fsp3) is 0.537. The van der Waals surface area contributed by atoms with E-state index in [-0.39, 0.29) is 60.3 Å². The summed E-state index contributed by atoms with van der Waals surface area (Å²) in [7, 11) is -3.91. The van der Waals surface area contributed by atoms with E-state index in [0.717, 1.165) is 29.2 Å². The predicted octanol–water partition coefficient (Wildman–Crippen LogP) is 1.56. The summed E-state index contributed by atoms with van der Waals surface area (Å²) in [6.07, 6.45) is 0.536. The zero-order chi connectivity index (χ0) is 46.6. The molecule has 0 bridgehead atoms. The molecule has 0 radical (unpaired) electrons. The summed E-state index contributed by atoms with van der Waals surface area (Å²) in [5.41, 5.74) is -0.482. The van der Waals surface area contributed by atoms with E-state index in [0.29, 0.717) is 18.9 Å². The van der Waals surface area contributed by atoms with Crippen molar-refractivity contribution in [3.63, 3.8) is 0 Å². The molecule has 2 aromatic rings. The van der Waals surface area contributed by atoms with Crippen LogP contribution in [0.4, 0.5) is 23.7 Å². The number of hydrogen-bond acceptors (Lipinski definition) is 10. The summed E-state index contributed by atoms with van der Waals surface area (Å²) in [6.45, 7) is 3.53. The van der Waals surface area contributed by atoms with Crippen molar-refractivity contribution in [2.24, 2.45) is 5.92 Å². The number of nitrogens with zero attached hydrogens (tertiary/aromatic N) is 3. The number of anilines is 1. The smallest absolute Gasteiger partial charge is 0.328 e. The fourth-order valence-electron chi connectivity index (χ4n) is 8.52. The first kappa shape index (κ1) is 48.0. The molecule has 18 nitrogen and oxygen atoms in total. The number of ether oxygens (including phenoxy) is 1. The summed E-state index contributed by atoms with van der Waals surface area (Å²) in [5, 5.41) is 9.68. The number of esters is 1. The highest BCUT2D eigenvalue weighted by molar-refractivity contribution is 7.89. The van der Waals surface area contributed by atoms with E-state index in [4.69, 9.17) is 16.3 Å². The van der Waals surface area contributed by atoms with Crippen LogP contribution in [0, 0.1) is 23.4 Å². The minimum absolute atomic E-state index is 0.0158. The molecule has 2 aromatic carbocycles. The highest BCUT2D eigenvalue weighted by Crippen LogP contribution is 2.29. The average Bonchev–Trinajstić information content (AvgIpc) is 3.84. The molecule has 8 atom stereocenters. The van der Waals surface area contributed by atoms with Crippen molar-refractivity contribution >= 4 is 68.8 Å². The molecule has 64 heavy (non-hydrogen) atoms. The number of sulfonamides is 1. The van der Waals surface area contributed by atoms with Gasteiger partial charge < -0.3 is 40.7 Å². The number of benzene rings is 2. The van der Waals surface area contributed by atoms with Gasteiger partial charge in [-0.1, -0.05) is 18.5 Å². The van der Waals surface area contributed by atoms with Gasteiger partial charge in [0.15, 0.2) is 0 Å². The molecule has 4 aliphatic rings. The monoisotopic (exact) mass is 938 g/mol. The molecule has 1 unspecified atom stereocenters. The zero-order valence-electron chi connectivity index (χ0n) is 35.2. The molecule has 6 rings (SSSR count). The Hall–Kier alpha value is -5.48. The van der Waals surface area contributed by atoms with Gasteiger partial charge >= 0.3 is 12.0 Å². The molecule has 0 aromatic heterocycles. The van der Waals surface area contributed by atoms with Crippen molar-refractivity contribution in [1.82, 2.24) is 35.4 Å². The SMILES string of the molecule is CCS(=O)(=O)NC1C[C@H]2C(=O)N3CCCC[C@H]3C(=O)N[C@@H](C)C(=O)N3C[C@H](C)C[C@H]3C(=O)OC[C@H](NC(=O)[C@H](Cc3cc(F)cc(F)c3)NC(=O)Nc3ccc(Cl)cc3F)C(=O)N2C1. The Bertz CT molecular complexity index is 2270. The number of hydrogen-bond donors (Lipinski definition) is 5. The van der Waals surface area contributed by atoms with E-state index >= 15 is 0 Å². The number of fused-ring (bicyclic) bond motifs is 3. The number of piperidine rings is 1. The Morgan fingerprint density at radius 1 is 0.891 bits per heavy atom. The van der Waals surface area contributed by atoms with Crippen LogP contribution < -0.4 is 26.0 Å². The quantitative estimate of drug-likeness (QED) is 0.228. The molecule has 4 heterocycles. The lowest BCUT2D eigenvalue weighted by Crippen LogP contribution is -2.62. The zero-order valence-corrected chi connectivity index (χ0v) is 36.8. The van der Waals surface area contributed by atoms with E-state index in [2.05, 4.69) is 26.0 Å². The first-order valence-corrected chi connectivity index (χ1v) is 22.9. The van der Waals surface area contributed by atoms with Crippen LogP contribution in [-0.2, 0) is 49.9 Å². The second kappa shape index (κ2) is 20.1. The summed E-state index contributed by atoms with van der Waals surface area (Å²) in [6, 6.07) is -4.92. The number of cyclic esters (lactones) is 1. The molecule has 5 N–H and O–H groups in total. The van der Waals surface area contributed by atoms with Gasteiger partial charge in [-0.3, -0.25) is 24.0 Å². The number of rotatable bonds is 9. The maximum atomic E-state index is 14.9. The van der Waals surface area contributed by atoms with Gasteiger partial charge in [-0.05, 0) is 87.8 Å². The predicted molar refractivity (Wildman–Crippen MR) is 223 cm³/mol. The van der Waals surface area contributed by atoms with Gasteiger partial charge in [0.2, 0.25) is 39.6 Å². The van der Waals surface area contributed by atoms with Gasteiger partial charge in [-0.25, -0.2) is 35.9 Å². The topological polar surface area (TPSA) is 233 Å². The summed E-state index contributed by atoms with van der Waals surface area (Å²) < 4.78 is 77.1. The first-order chi connectivity index (χ1) is 30.2. The standard InChI is InChI=1S/C41H50ClF3N8O10S/c1-4-64(61,62)50-27-17-33-39(58)51-10-6-5-7-32(51)36(55)46-22(3)37(56)52-18-21(2)11-34(52)40(59)63-20-31(38(57)53(33)19-27)47-35(54)30(14-23-12-25(43)16-26(44)13-23)49-41(60)48-29-9-8-24(42)15-28(29)45/h8-9,12-13,15-16,21-22,27,30-34,50H,4-7,10-11,14,17-20H2,1-3H3,(H,46,55)(H,47,54)(H2,48,49,60)/t21-,22+,27?,30+,31+,32+,33+,34+/m1/s1. The maximum Gasteiger partial charge on any atom is 0.328 e. The van der Waals surface area contributed by atoms with Crippen LogP contribution in [0.25, 0.3) is 0 Å². The Kier molecular flexibility index (Phi) is 15.1. The van der Waals surface area contributed by atoms with Crippen LogP contribution in [0.2, 0.25) is 5.02 Å². The third-order valence-electron chi connectivity index (χ3n) is 11.6. The summed E-state index contributed by atoms with van der Waals surface area (Å²) in [5.74, 6) is -8.64. The third-order valence-corrected chi connectivity index (χ3v) is 13.3. The van der Waals surface area contributed by atoms with Gasteiger partial charge in [0.05, 0.1) is 11.4 Å². The molecule has 0 spiro atoms. The number of halogens is 4. The van der Waals surface area contributed by atoms with Crippen LogP contribution >= 0.6 is 11.6 Å². The van der Waals surface area contributed by atoms with Gasteiger partial charge in [0.1, 0.15) is 60.3 Å². The van der Waals surface area contributed by atoms with E-state index in [1.54, 1.807) is 6.92 Å². The van der Waals surface area contributed by atoms with Crippen molar-refractivity contribution in [3.05, 3.63) is 64.4 Å². The van der Waals surface area contributed by atoms with Crippen LogP contribution in [0.5, 0.6) is 0 Å². The van der Waals surface area contributed by atoms with Crippen molar-refractivity contribution < 1.29 is 59.9 Å². The van der Waals surface area contributed by atoms with Crippen molar-refractivity contribution in [2.75, 3.05) is 37.3 Å². The minimum Gasteiger partial charge on any atom is -0.461 e. The largest absolute Gasteiger partial charge is 0.461 e. The number of urea groups is 1. The molecule has 4 aliphatic heterocycles. The Morgan fingerprint density at radius 2 is 1.59 bits per heavy atom. The fourth-order valence-corrected chi connectivity index (χ4v) is 9.52. The number of carbonyl (C=O) groups is 7. The van der Waals surface area contributed by atoms with Gasteiger partial charge in [-0.15, -0.1) is 0 Å². The Labute approximate surface area is 372 Å². The van der Waals surface area contributed by atoms with Crippen LogP contribution in [0.1, 0.15) is 58.4 Å². The lowest BCUT2D eigenvalue weighted by molar-refractivity contribution is -0.158. The first-order valence-electron chi connectivity index (χ1n) is 20.9. The molecular formula is C41H50ClF3N8O10S. The second-order valence-corrected chi connectivity index (χ2v) is 19.0. The highest BCUT2D eigenvalue weighted by atomic mass is 35.5. The van der Waals surface area contributed by atoms with E-state index in [1.807, 2.05) is 0 Å². The maximum absolute atomic E-state index is 14.9. The molecule has 23 heteroatoms. The third kappa shape index (κ3) is 11.4. The molecule has 0 aliphatic carbocycles. The van der Waals surface area contributed by atoms with Gasteiger partial charge in [0.25, 0.3) is 0 Å².